The van der Waals surface area contributed by atoms with Crippen LogP contribution in [0.15, 0.2) is 70.0 Å². The molecule has 1 N–H and O–H groups in total. The molecule has 0 atom stereocenters. The molecular weight excluding hydrogens is 575 g/mol. The highest BCUT2D eigenvalue weighted by Crippen LogP contribution is 2.30. The molecule has 186 valence electrons. The van der Waals surface area contributed by atoms with E-state index in [1.165, 1.54) is 25.3 Å². The fourth-order valence-corrected chi connectivity index (χ4v) is 5.32. The van der Waals surface area contributed by atoms with Crippen LogP contribution in [-0.4, -0.2) is 32.9 Å². The number of hydrogen-bond acceptors (Lipinski definition) is 4. The monoisotopic (exact) mass is 598 g/mol. The van der Waals surface area contributed by atoms with Crippen molar-refractivity contribution in [2.75, 3.05) is 18.4 Å². The second kappa shape index (κ2) is 11.6. The largest absolute Gasteiger partial charge is 0.495 e. The number of methoxy groups -OCH3 is 1. The molecule has 0 radical (unpaired) electrons. The van der Waals surface area contributed by atoms with E-state index in [2.05, 4.69) is 20.7 Å². The highest BCUT2D eigenvalue weighted by molar-refractivity contribution is 9.10. The molecule has 0 spiro atoms. The average Bonchev–Trinajstić information content (AvgIpc) is 2.80. The van der Waals surface area contributed by atoms with Crippen LogP contribution in [0.1, 0.15) is 29.8 Å². The molecule has 0 bridgehead atoms. The summed E-state index contributed by atoms with van der Waals surface area (Å²) < 4.78 is 34.8. The summed E-state index contributed by atoms with van der Waals surface area (Å²) in [4.78, 5) is 15.1. The number of sulfonamides is 1. The SMILES string of the molecule is COc1ccc(Cl)cc1NS(=O)(=O)c1cccc(C(=O)N(Cc2cc(Cl)ccc2Br)CC(C)C)c1. The lowest BCUT2D eigenvalue weighted by Crippen LogP contribution is -2.34. The summed E-state index contributed by atoms with van der Waals surface area (Å²) in [5.74, 6) is 0.226. The van der Waals surface area contributed by atoms with Gasteiger partial charge in [0.05, 0.1) is 17.7 Å². The molecule has 6 nitrogen and oxygen atoms in total. The number of carbonyl (C=O) groups is 1. The standard InChI is InChI=1S/C25H25BrCl2N2O4S/c1-16(2)14-30(15-18-11-19(27)7-9-22(18)26)25(31)17-5-4-6-21(12-17)35(32,33)29-23-13-20(28)8-10-24(23)34-3/h4-13,16,29H,14-15H2,1-3H3. The van der Waals surface area contributed by atoms with Crippen LogP contribution in [0, 0.1) is 5.92 Å². The van der Waals surface area contributed by atoms with Gasteiger partial charge in [-0.2, -0.15) is 0 Å². The predicted molar refractivity (Wildman–Crippen MR) is 144 cm³/mol. The summed E-state index contributed by atoms with van der Waals surface area (Å²) >= 11 is 15.7. The van der Waals surface area contributed by atoms with Crippen LogP contribution >= 0.6 is 39.1 Å². The number of rotatable bonds is 9. The second-order valence-corrected chi connectivity index (χ2v) is 11.7. The molecule has 10 heteroatoms. The molecule has 3 rings (SSSR count). The number of hydrogen-bond donors (Lipinski definition) is 1. The molecular formula is C25H25BrCl2N2O4S. The minimum absolute atomic E-state index is 0.0567. The second-order valence-electron chi connectivity index (χ2n) is 8.29. The molecule has 0 heterocycles. The maximum atomic E-state index is 13.5. The maximum absolute atomic E-state index is 13.5. The molecule has 0 aliphatic rings. The van der Waals surface area contributed by atoms with Gasteiger partial charge in [0, 0.05) is 33.2 Å². The average molecular weight is 600 g/mol. The Morgan fingerprint density at radius 2 is 1.74 bits per heavy atom. The third-order valence-corrected chi connectivity index (χ3v) is 7.65. The highest BCUT2D eigenvalue weighted by atomic mass is 79.9. The number of nitrogens with zero attached hydrogens (tertiary/aromatic N) is 1. The topological polar surface area (TPSA) is 75.7 Å². The van der Waals surface area contributed by atoms with Crippen LogP contribution in [0.5, 0.6) is 5.75 Å². The van der Waals surface area contributed by atoms with Crippen molar-refractivity contribution in [1.29, 1.82) is 0 Å². The normalized spacial score (nSPS) is 11.4. The molecule has 0 aliphatic heterocycles. The van der Waals surface area contributed by atoms with E-state index >= 15 is 0 Å². The van der Waals surface area contributed by atoms with Crippen molar-refractivity contribution in [3.8, 4) is 5.75 Å². The molecule has 0 aliphatic carbocycles. The molecule has 0 fully saturated rings. The highest BCUT2D eigenvalue weighted by Gasteiger charge is 2.22. The van der Waals surface area contributed by atoms with Crippen LogP contribution in [0.25, 0.3) is 0 Å². The fourth-order valence-electron chi connectivity index (χ4n) is 3.47. The Labute approximate surface area is 224 Å². The van der Waals surface area contributed by atoms with Crippen LogP contribution < -0.4 is 9.46 Å². The van der Waals surface area contributed by atoms with Gasteiger partial charge in [0.2, 0.25) is 0 Å². The van der Waals surface area contributed by atoms with Gasteiger partial charge in [-0.25, -0.2) is 8.42 Å². The van der Waals surface area contributed by atoms with Gasteiger partial charge in [0.25, 0.3) is 15.9 Å². The van der Waals surface area contributed by atoms with E-state index < -0.39 is 10.0 Å². The summed E-state index contributed by atoms with van der Waals surface area (Å²) in [5, 5.41) is 0.916. The van der Waals surface area contributed by atoms with E-state index in [0.717, 1.165) is 10.0 Å². The quantitative estimate of drug-likeness (QED) is 0.291. The van der Waals surface area contributed by atoms with E-state index in [9.17, 15) is 13.2 Å². The van der Waals surface area contributed by atoms with Crippen molar-refractivity contribution in [1.82, 2.24) is 4.90 Å². The summed E-state index contributed by atoms with van der Waals surface area (Å²) in [7, 11) is -2.59. The molecule has 35 heavy (non-hydrogen) atoms. The molecule has 0 saturated carbocycles. The van der Waals surface area contributed by atoms with Gasteiger partial charge in [0.1, 0.15) is 5.75 Å². The summed E-state index contributed by atoms with van der Waals surface area (Å²) in [6.45, 7) is 4.81. The zero-order valence-electron chi connectivity index (χ0n) is 19.4. The molecule has 3 aromatic carbocycles. The Hall–Kier alpha value is -2.26. The van der Waals surface area contributed by atoms with E-state index in [-0.39, 0.29) is 28.0 Å². The molecule has 1 amide bonds. The molecule has 0 aromatic heterocycles. The van der Waals surface area contributed by atoms with E-state index in [4.69, 9.17) is 27.9 Å². The number of halogens is 3. The van der Waals surface area contributed by atoms with Crippen molar-refractivity contribution < 1.29 is 17.9 Å². The third kappa shape index (κ3) is 7.13. The summed E-state index contributed by atoms with van der Waals surface area (Å²) in [6.07, 6.45) is 0. The Morgan fingerprint density at radius 1 is 1.06 bits per heavy atom. The smallest absolute Gasteiger partial charge is 0.262 e. The van der Waals surface area contributed by atoms with Crippen LogP contribution in [-0.2, 0) is 16.6 Å². The van der Waals surface area contributed by atoms with E-state index in [1.54, 1.807) is 41.3 Å². The van der Waals surface area contributed by atoms with Crippen molar-refractivity contribution in [2.45, 2.75) is 25.3 Å². The zero-order valence-corrected chi connectivity index (χ0v) is 23.3. The summed E-state index contributed by atoms with van der Waals surface area (Å²) in [6, 6.07) is 15.9. The van der Waals surface area contributed by atoms with Crippen molar-refractivity contribution >= 4 is 60.7 Å². The Bertz CT molecular complexity index is 1330. The zero-order chi connectivity index (χ0) is 25.8. The van der Waals surface area contributed by atoms with Gasteiger partial charge in [-0.3, -0.25) is 9.52 Å². The van der Waals surface area contributed by atoms with Crippen molar-refractivity contribution in [3.63, 3.8) is 0 Å². The third-order valence-electron chi connectivity index (χ3n) is 5.04. The van der Waals surface area contributed by atoms with Crippen LogP contribution in [0.3, 0.4) is 0 Å². The number of benzene rings is 3. The predicted octanol–water partition coefficient (Wildman–Crippen LogP) is 6.86. The maximum Gasteiger partial charge on any atom is 0.262 e. The van der Waals surface area contributed by atoms with Crippen LogP contribution in [0.2, 0.25) is 10.0 Å². The number of carbonyl (C=O) groups excluding carboxylic acids is 1. The van der Waals surface area contributed by atoms with Gasteiger partial charge >= 0.3 is 0 Å². The van der Waals surface area contributed by atoms with Crippen molar-refractivity contribution in [3.05, 3.63) is 86.3 Å². The Kier molecular flexibility index (Phi) is 9.10. The number of amides is 1. The number of ether oxygens (including phenoxy) is 1. The first-order valence-corrected chi connectivity index (χ1v) is 13.7. The first-order chi connectivity index (χ1) is 16.5. The van der Waals surface area contributed by atoms with E-state index in [1.807, 2.05) is 19.9 Å². The lowest BCUT2D eigenvalue weighted by molar-refractivity contribution is 0.0722. The molecule has 3 aromatic rings. The molecule has 0 unspecified atom stereocenters. The lowest BCUT2D eigenvalue weighted by Gasteiger charge is -2.25. The van der Waals surface area contributed by atoms with Gasteiger partial charge in [-0.05, 0) is 66.1 Å². The van der Waals surface area contributed by atoms with Gasteiger partial charge < -0.3 is 9.64 Å². The fraction of sp³-hybridized carbons (Fsp3) is 0.240. The first-order valence-electron chi connectivity index (χ1n) is 10.7. The number of anilines is 1. The first kappa shape index (κ1) is 27.3. The Morgan fingerprint density at radius 3 is 2.43 bits per heavy atom. The van der Waals surface area contributed by atoms with E-state index in [0.29, 0.717) is 28.9 Å². The van der Waals surface area contributed by atoms with Gasteiger partial charge in [-0.15, -0.1) is 0 Å². The number of nitrogens with one attached hydrogen (secondary N) is 1. The van der Waals surface area contributed by atoms with Crippen molar-refractivity contribution in [2.24, 2.45) is 5.92 Å². The van der Waals surface area contributed by atoms with Crippen LogP contribution in [0.4, 0.5) is 5.69 Å². The van der Waals surface area contributed by atoms with Gasteiger partial charge in [-0.1, -0.05) is 59.0 Å². The van der Waals surface area contributed by atoms with Gasteiger partial charge in [0.15, 0.2) is 0 Å². The molecule has 0 saturated heterocycles. The Balaban J connectivity index is 1.92. The minimum atomic E-state index is -4.02. The minimum Gasteiger partial charge on any atom is -0.495 e. The lowest BCUT2D eigenvalue weighted by atomic mass is 10.1. The summed E-state index contributed by atoms with van der Waals surface area (Å²) in [5.41, 5.74) is 1.30.